The van der Waals surface area contributed by atoms with Gasteiger partial charge in [-0.25, -0.2) is 4.67 Å². The fourth-order valence-corrected chi connectivity index (χ4v) is 7.52. The largest absolute Gasteiger partial charge is 0.375 e. The van der Waals surface area contributed by atoms with E-state index in [1.54, 1.807) is 4.85 Å². The molecule has 27 heavy (non-hydrogen) atoms. The molecule has 0 amide bonds. The number of hydrogen-bond donors (Lipinski definition) is 0. The van der Waals surface area contributed by atoms with Crippen molar-refractivity contribution < 1.29 is 4.84 Å². The van der Waals surface area contributed by atoms with E-state index in [1.807, 2.05) is 18.2 Å². The van der Waals surface area contributed by atoms with Gasteiger partial charge in [0.1, 0.15) is 19.4 Å². The summed E-state index contributed by atoms with van der Waals surface area (Å²) in [7, 11) is -0.447. The number of fused-ring (bicyclic) bond motifs is 1. The maximum Gasteiger partial charge on any atom is 0.186 e. The summed E-state index contributed by atoms with van der Waals surface area (Å²) in [6.07, 6.45) is 7.51. The second-order valence-electron chi connectivity index (χ2n) is 7.55. The molecule has 3 saturated heterocycles. The molecule has 1 atom stereocenters. The maximum atomic E-state index is 6.37. The lowest BCUT2D eigenvalue weighted by Crippen LogP contribution is -2.42. The Morgan fingerprint density at radius 2 is 1.67 bits per heavy atom. The quantitative estimate of drug-likeness (QED) is 0.707. The number of hydrogen-bond acceptors (Lipinski definition) is 6. The lowest BCUT2D eigenvalue weighted by molar-refractivity contribution is -0.0261. The van der Waals surface area contributed by atoms with E-state index in [9.17, 15) is 0 Å². The standard InChI is InChI=1S/C18H26ClN6OP/c19-15-7-8-16-17(14-15)25(21-20-16)26-18-6-5-13-24(18)27(22-9-1-2-10-22)23-11-3-4-12-23/h7-8,14,18H,1-6,9-13H2. The molecule has 4 heterocycles. The Kier molecular flexibility index (Phi) is 5.22. The van der Waals surface area contributed by atoms with Crippen LogP contribution in [-0.2, 0) is 0 Å². The van der Waals surface area contributed by atoms with Crippen LogP contribution in [0.1, 0.15) is 38.5 Å². The first-order valence-corrected chi connectivity index (χ1v) is 11.6. The number of halogens is 1. The fourth-order valence-electron chi connectivity index (χ4n) is 4.36. The third-order valence-corrected chi connectivity index (χ3v) is 8.63. The highest BCUT2D eigenvalue weighted by molar-refractivity contribution is 7.50. The molecular weight excluding hydrogens is 383 g/mol. The summed E-state index contributed by atoms with van der Waals surface area (Å²) in [5.74, 6) is 0. The summed E-state index contributed by atoms with van der Waals surface area (Å²) < 4.78 is 8.02. The minimum atomic E-state index is -0.447. The van der Waals surface area contributed by atoms with Crippen LogP contribution in [0.5, 0.6) is 0 Å². The number of benzene rings is 1. The van der Waals surface area contributed by atoms with Gasteiger partial charge in [-0.1, -0.05) is 16.4 Å². The Morgan fingerprint density at radius 1 is 0.963 bits per heavy atom. The molecule has 0 spiro atoms. The van der Waals surface area contributed by atoms with Gasteiger partial charge in [-0.15, -0.1) is 5.10 Å². The Morgan fingerprint density at radius 3 is 2.37 bits per heavy atom. The third kappa shape index (κ3) is 3.56. The summed E-state index contributed by atoms with van der Waals surface area (Å²) >= 11 is 6.17. The summed E-state index contributed by atoms with van der Waals surface area (Å²) in [5.41, 5.74) is 1.64. The molecule has 5 rings (SSSR count). The molecule has 146 valence electrons. The number of nitrogens with zero attached hydrogens (tertiary/aromatic N) is 6. The Hall–Kier alpha value is -0.980. The summed E-state index contributed by atoms with van der Waals surface area (Å²) in [5, 5.41) is 9.13. The van der Waals surface area contributed by atoms with Crippen molar-refractivity contribution in [3.05, 3.63) is 23.2 Å². The van der Waals surface area contributed by atoms with E-state index in [0.717, 1.165) is 24.0 Å². The smallest absolute Gasteiger partial charge is 0.186 e. The molecule has 3 aliphatic heterocycles. The van der Waals surface area contributed by atoms with Crippen LogP contribution in [0.2, 0.25) is 5.02 Å². The zero-order chi connectivity index (χ0) is 18.2. The van der Waals surface area contributed by atoms with Crippen LogP contribution in [0.25, 0.3) is 11.0 Å². The highest BCUT2D eigenvalue weighted by Crippen LogP contribution is 2.54. The summed E-state index contributed by atoms with van der Waals surface area (Å²) in [4.78, 5) is 7.94. The molecule has 0 N–H and O–H groups in total. The molecule has 3 aliphatic rings. The van der Waals surface area contributed by atoms with Gasteiger partial charge in [-0.2, -0.15) is 0 Å². The fraction of sp³-hybridized carbons (Fsp3) is 0.667. The minimum Gasteiger partial charge on any atom is -0.375 e. The number of rotatable bonds is 5. The van der Waals surface area contributed by atoms with Crippen LogP contribution in [0.3, 0.4) is 0 Å². The van der Waals surface area contributed by atoms with E-state index in [4.69, 9.17) is 16.4 Å². The summed E-state index contributed by atoms with van der Waals surface area (Å²) in [6, 6.07) is 5.60. The molecule has 1 aromatic carbocycles. The molecule has 1 unspecified atom stereocenters. The van der Waals surface area contributed by atoms with Gasteiger partial charge < -0.3 is 4.84 Å². The molecule has 0 radical (unpaired) electrons. The van der Waals surface area contributed by atoms with E-state index < -0.39 is 8.37 Å². The zero-order valence-corrected chi connectivity index (χ0v) is 17.2. The van der Waals surface area contributed by atoms with Crippen molar-refractivity contribution >= 4 is 31.0 Å². The predicted octanol–water partition coefficient (Wildman–Crippen LogP) is 3.35. The average Bonchev–Trinajstić information content (AvgIpc) is 3.45. The maximum absolute atomic E-state index is 6.37. The molecule has 0 bridgehead atoms. The van der Waals surface area contributed by atoms with E-state index in [2.05, 4.69) is 24.3 Å². The first-order valence-electron chi connectivity index (χ1n) is 10.0. The molecule has 9 heteroatoms. The first-order chi connectivity index (χ1) is 13.3. The molecular formula is C18H26ClN6OP. The van der Waals surface area contributed by atoms with Crippen LogP contribution in [0.4, 0.5) is 0 Å². The second kappa shape index (κ2) is 7.80. The molecule has 7 nitrogen and oxygen atoms in total. The minimum absolute atomic E-state index is 0.0428. The van der Waals surface area contributed by atoms with Crippen molar-refractivity contribution in [3.63, 3.8) is 0 Å². The predicted molar refractivity (Wildman–Crippen MR) is 107 cm³/mol. The highest BCUT2D eigenvalue weighted by atomic mass is 35.5. The van der Waals surface area contributed by atoms with Crippen molar-refractivity contribution in [1.29, 1.82) is 0 Å². The molecule has 0 saturated carbocycles. The van der Waals surface area contributed by atoms with Gasteiger partial charge in [0.05, 0.1) is 0 Å². The van der Waals surface area contributed by atoms with Gasteiger partial charge in [-0.05, 0) is 55.5 Å². The Bertz CT molecular complexity index is 775. The van der Waals surface area contributed by atoms with Crippen LogP contribution >= 0.6 is 20.0 Å². The van der Waals surface area contributed by atoms with Gasteiger partial charge in [0.15, 0.2) is 6.23 Å². The van der Waals surface area contributed by atoms with Crippen LogP contribution in [0, 0.1) is 0 Å². The Balaban J connectivity index is 1.40. The third-order valence-electron chi connectivity index (χ3n) is 5.67. The monoisotopic (exact) mass is 408 g/mol. The van der Waals surface area contributed by atoms with Gasteiger partial charge >= 0.3 is 0 Å². The van der Waals surface area contributed by atoms with E-state index >= 15 is 0 Å². The SMILES string of the molecule is Clc1ccc2nnn(OC3CCCN3P(N3CCCC3)N3CCCC3)c2c1. The average molecular weight is 409 g/mol. The topological polar surface area (TPSA) is 49.7 Å². The lowest BCUT2D eigenvalue weighted by atomic mass is 10.3. The highest BCUT2D eigenvalue weighted by Gasteiger charge is 2.41. The van der Waals surface area contributed by atoms with Gasteiger partial charge in [-0.3, -0.25) is 9.34 Å². The van der Waals surface area contributed by atoms with E-state index in [1.165, 1.54) is 58.3 Å². The Labute approximate surface area is 166 Å². The van der Waals surface area contributed by atoms with Crippen LogP contribution in [0.15, 0.2) is 18.2 Å². The molecule has 1 aromatic heterocycles. The van der Waals surface area contributed by atoms with Gasteiger partial charge in [0, 0.05) is 44.2 Å². The van der Waals surface area contributed by atoms with Gasteiger partial charge in [0.25, 0.3) is 0 Å². The summed E-state index contributed by atoms with van der Waals surface area (Å²) in [6.45, 7) is 5.96. The van der Waals surface area contributed by atoms with Gasteiger partial charge in [0.2, 0.25) is 0 Å². The normalized spacial score (nSPS) is 25.3. The molecule has 3 fully saturated rings. The number of aromatic nitrogens is 3. The van der Waals surface area contributed by atoms with Crippen molar-refractivity contribution in [2.75, 3.05) is 32.7 Å². The van der Waals surface area contributed by atoms with E-state index in [0.29, 0.717) is 5.02 Å². The zero-order valence-electron chi connectivity index (χ0n) is 15.5. The lowest BCUT2D eigenvalue weighted by Gasteiger charge is -2.42. The molecule has 0 aliphatic carbocycles. The van der Waals surface area contributed by atoms with Crippen molar-refractivity contribution in [1.82, 2.24) is 29.2 Å². The van der Waals surface area contributed by atoms with Crippen LogP contribution in [-0.4, -0.2) is 68.1 Å². The first kappa shape index (κ1) is 18.1. The van der Waals surface area contributed by atoms with Crippen LogP contribution < -0.4 is 4.84 Å². The second-order valence-corrected chi connectivity index (χ2v) is 10.2. The van der Waals surface area contributed by atoms with Crippen molar-refractivity contribution in [3.8, 4) is 0 Å². The molecule has 2 aromatic rings. The van der Waals surface area contributed by atoms with E-state index in [-0.39, 0.29) is 6.23 Å². The van der Waals surface area contributed by atoms with Crippen molar-refractivity contribution in [2.24, 2.45) is 0 Å². The van der Waals surface area contributed by atoms with Crippen molar-refractivity contribution in [2.45, 2.75) is 44.8 Å².